The van der Waals surface area contributed by atoms with E-state index in [1.54, 1.807) is 6.08 Å². The minimum Gasteiger partial charge on any atom is -0.233 e. The monoisotopic (exact) mass is 187 g/mol. The van der Waals surface area contributed by atoms with Crippen LogP contribution in [0.2, 0.25) is 0 Å². The van der Waals surface area contributed by atoms with Crippen LogP contribution in [0, 0.1) is 6.42 Å². The molecule has 0 aliphatic carbocycles. The van der Waals surface area contributed by atoms with Crippen molar-refractivity contribution in [3.63, 3.8) is 0 Å². The summed E-state index contributed by atoms with van der Waals surface area (Å²) in [4.78, 5) is 0. The van der Waals surface area contributed by atoms with E-state index < -0.39 is 0 Å². The van der Waals surface area contributed by atoms with Crippen molar-refractivity contribution in [3.8, 4) is 0 Å². The zero-order valence-corrected chi connectivity index (χ0v) is 5.89. The van der Waals surface area contributed by atoms with Crippen molar-refractivity contribution in [1.29, 1.82) is 0 Å². The van der Waals surface area contributed by atoms with E-state index in [4.69, 9.17) is 0 Å². The van der Waals surface area contributed by atoms with Gasteiger partial charge in [-0.05, 0) is 0 Å². The fraction of sp³-hybridized carbons (Fsp3) is 0.167. The first kappa shape index (κ1) is 10.1. The molecule has 0 atom stereocenters. The van der Waals surface area contributed by atoms with Crippen LogP contribution in [-0.4, -0.2) is 0 Å². The smallest absolute Gasteiger partial charge is 0 e. The van der Waals surface area contributed by atoms with Crippen molar-refractivity contribution in [1.82, 2.24) is 0 Å². The van der Waals surface area contributed by atoms with Crippen LogP contribution in [0.5, 0.6) is 0 Å². The van der Waals surface area contributed by atoms with Crippen LogP contribution in [0.3, 0.4) is 0 Å². The minimum absolute atomic E-state index is 0. The average molecular weight is 188 g/mol. The Morgan fingerprint density at radius 1 is 1.57 bits per heavy atom. The van der Waals surface area contributed by atoms with Crippen LogP contribution in [-0.2, 0) is 20.4 Å². The van der Waals surface area contributed by atoms with Gasteiger partial charge in [0.05, 0.1) is 0 Å². The normalized spacial score (nSPS) is 7.57. The number of rotatable bonds is 2. The zero-order valence-electron chi connectivity index (χ0n) is 4.33. The zero-order chi connectivity index (χ0) is 4.83. The molecule has 0 saturated carbocycles. The average Bonchev–Trinajstić information content (AvgIpc) is 1.61. The maximum absolute atomic E-state index is 3.49. The Labute approximate surface area is 59.0 Å². The molecule has 0 amide bonds. The van der Waals surface area contributed by atoms with Gasteiger partial charge in [0.1, 0.15) is 0 Å². The van der Waals surface area contributed by atoms with Crippen LogP contribution in [0.25, 0.3) is 0 Å². The van der Waals surface area contributed by atoms with Crippen molar-refractivity contribution in [2.45, 2.75) is 6.92 Å². The standard InChI is InChI=1S/C6H9.Pd/c1-3-5-6-4-2;/h3-6H,1H2,2H3;/q-1;. The summed E-state index contributed by atoms with van der Waals surface area (Å²) in [5.74, 6) is 0. The van der Waals surface area contributed by atoms with E-state index in [1.807, 2.05) is 25.5 Å². The summed E-state index contributed by atoms with van der Waals surface area (Å²) < 4.78 is 0. The summed E-state index contributed by atoms with van der Waals surface area (Å²) >= 11 is 0. The second kappa shape index (κ2) is 9.38. The van der Waals surface area contributed by atoms with Gasteiger partial charge < -0.3 is 0 Å². The third kappa shape index (κ3) is 10.7. The van der Waals surface area contributed by atoms with Gasteiger partial charge in [-0.2, -0.15) is 6.08 Å². The number of allylic oxidation sites excluding steroid dienone is 3. The Morgan fingerprint density at radius 3 is 2.29 bits per heavy atom. The summed E-state index contributed by atoms with van der Waals surface area (Å²) in [5, 5.41) is 0. The molecule has 0 spiro atoms. The Morgan fingerprint density at radius 2 is 2.14 bits per heavy atom. The van der Waals surface area contributed by atoms with E-state index in [1.165, 1.54) is 0 Å². The van der Waals surface area contributed by atoms with Gasteiger partial charge in [-0.1, -0.05) is 0 Å². The summed E-state index contributed by atoms with van der Waals surface area (Å²) in [7, 11) is 0. The van der Waals surface area contributed by atoms with E-state index in [0.717, 1.165) is 0 Å². The molecule has 0 aliphatic heterocycles. The Bertz CT molecular complexity index is 55.2. The molecule has 0 fully saturated rings. The quantitative estimate of drug-likeness (QED) is 0.352. The maximum atomic E-state index is 3.49. The molecular formula is C6H9Pd-. The summed E-state index contributed by atoms with van der Waals surface area (Å²) in [6.45, 7) is 5.46. The van der Waals surface area contributed by atoms with E-state index in [0.29, 0.717) is 0 Å². The first-order valence-corrected chi connectivity index (χ1v) is 1.99. The molecule has 0 N–H and O–H groups in total. The second-order valence-electron chi connectivity index (χ2n) is 0.954. The molecule has 0 radical (unpaired) electrons. The molecule has 7 heavy (non-hydrogen) atoms. The van der Waals surface area contributed by atoms with Crippen molar-refractivity contribution in [3.05, 3.63) is 31.2 Å². The molecule has 1 heteroatoms. The van der Waals surface area contributed by atoms with Gasteiger partial charge in [0.25, 0.3) is 0 Å². The van der Waals surface area contributed by atoms with E-state index in [9.17, 15) is 0 Å². The first-order valence-electron chi connectivity index (χ1n) is 1.99. The molecule has 0 bridgehead atoms. The Hall–Kier alpha value is 0.0123. The van der Waals surface area contributed by atoms with Gasteiger partial charge in [0, 0.05) is 20.4 Å². The van der Waals surface area contributed by atoms with E-state index in [2.05, 4.69) is 6.58 Å². The van der Waals surface area contributed by atoms with E-state index >= 15 is 0 Å². The third-order valence-corrected chi connectivity index (χ3v) is 0.440. The molecule has 0 saturated heterocycles. The molecule has 0 aliphatic rings. The largest absolute Gasteiger partial charge is 0.233 e. The van der Waals surface area contributed by atoms with Gasteiger partial charge >= 0.3 is 0 Å². The van der Waals surface area contributed by atoms with Gasteiger partial charge in [0.2, 0.25) is 0 Å². The van der Waals surface area contributed by atoms with Crippen molar-refractivity contribution < 1.29 is 20.4 Å². The molecule has 0 unspecified atom stereocenters. The number of hydrogen-bond donors (Lipinski definition) is 0. The molecule has 0 aromatic heterocycles. The predicted octanol–water partition coefficient (Wildman–Crippen LogP) is 1.95. The predicted molar refractivity (Wildman–Crippen MR) is 29.3 cm³/mol. The maximum Gasteiger partial charge on any atom is 0 e. The fourth-order valence-corrected chi connectivity index (χ4v) is 0.190. The van der Waals surface area contributed by atoms with Gasteiger partial charge in [-0.3, -0.25) is 0 Å². The van der Waals surface area contributed by atoms with Gasteiger partial charge in [0.15, 0.2) is 0 Å². The molecule has 44 valence electrons. The third-order valence-electron chi connectivity index (χ3n) is 0.440. The summed E-state index contributed by atoms with van der Waals surface area (Å²) in [5.41, 5.74) is 0. The van der Waals surface area contributed by atoms with Crippen LogP contribution in [0.15, 0.2) is 24.8 Å². The molecular weight excluding hydrogens is 178 g/mol. The van der Waals surface area contributed by atoms with E-state index in [-0.39, 0.29) is 20.4 Å². The molecule has 0 heterocycles. The van der Waals surface area contributed by atoms with Crippen molar-refractivity contribution in [2.24, 2.45) is 0 Å². The van der Waals surface area contributed by atoms with Crippen LogP contribution < -0.4 is 0 Å². The molecule has 0 rings (SSSR count). The number of hydrogen-bond acceptors (Lipinski definition) is 0. The Balaban J connectivity index is 0. The fourth-order valence-electron chi connectivity index (χ4n) is 0.190. The second-order valence-corrected chi connectivity index (χ2v) is 0.954. The Kier molecular flexibility index (Phi) is 13.5. The molecule has 0 aromatic carbocycles. The van der Waals surface area contributed by atoms with Crippen LogP contribution >= 0.6 is 0 Å². The molecule has 0 aromatic rings. The van der Waals surface area contributed by atoms with Gasteiger partial charge in [-0.15, -0.1) is 13.5 Å². The van der Waals surface area contributed by atoms with Crippen molar-refractivity contribution >= 4 is 0 Å². The van der Waals surface area contributed by atoms with Gasteiger partial charge in [-0.25, -0.2) is 18.6 Å². The van der Waals surface area contributed by atoms with Crippen LogP contribution in [0.1, 0.15) is 6.92 Å². The van der Waals surface area contributed by atoms with Crippen LogP contribution in [0.4, 0.5) is 0 Å². The minimum atomic E-state index is 0. The summed E-state index contributed by atoms with van der Waals surface area (Å²) in [6.07, 6.45) is 7.54. The first-order chi connectivity index (χ1) is 2.91. The summed E-state index contributed by atoms with van der Waals surface area (Å²) in [6, 6.07) is 0. The SMILES string of the molecule is C=CC=C[CH-]C.[Pd]. The topological polar surface area (TPSA) is 0 Å². The van der Waals surface area contributed by atoms with Crippen molar-refractivity contribution in [2.75, 3.05) is 0 Å². The molecule has 0 nitrogen and oxygen atoms in total.